The molecule has 2 N–H and O–H groups in total. The van der Waals surface area contributed by atoms with Gasteiger partial charge in [0.25, 0.3) is 0 Å². The van der Waals surface area contributed by atoms with E-state index in [1.807, 2.05) is 57.3 Å². The van der Waals surface area contributed by atoms with Gasteiger partial charge < -0.3 is 15.2 Å². The van der Waals surface area contributed by atoms with Crippen molar-refractivity contribution in [1.82, 2.24) is 15.3 Å². The lowest BCUT2D eigenvalue weighted by molar-refractivity contribution is -0.0661. The summed E-state index contributed by atoms with van der Waals surface area (Å²) >= 11 is 6.17. The lowest BCUT2D eigenvalue weighted by Crippen LogP contribution is -2.52. The summed E-state index contributed by atoms with van der Waals surface area (Å²) in [6.07, 6.45) is 2.85. The van der Waals surface area contributed by atoms with E-state index in [1.54, 1.807) is 6.20 Å². The van der Waals surface area contributed by atoms with E-state index in [0.29, 0.717) is 5.15 Å². The van der Waals surface area contributed by atoms with Gasteiger partial charge in [-0.3, -0.25) is 4.98 Å². The van der Waals surface area contributed by atoms with E-state index in [1.165, 1.54) is 0 Å². The lowest BCUT2D eigenvalue weighted by Gasteiger charge is -2.43. The normalized spacial score (nSPS) is 21.8. The van der Waals surface area contributed by atoms with E-state index < -0.39 is 11.7 Å². The molecule has 1 aromatic carbocycles. The van der Waals surface area contributed by atoms with Gasteiger partial charge in [-0.05, 0) is 63.1 Å². The first kappa shape index (κ1) is 19.1. The zero-order valence-corrected chi connectivity index (χ0v) is 17.2. The van der Waals surface area contributed by atoms with Crippen molar-refractivity contribution in [3.8, 4) is 5.75 Å². The standard InChI is InChI=1S/C22H24ClN3O2/c1-12-8-19(23)26-17-9-16-18(10-15(12)17)28-22(3,4)21(27)20(16)25-13(2)14-6-5-7-24-11-14/h5-11,13,20-21,25,27H,1-4H3. The van der Waals surface area contributed by atoms with Crippen molar-refractivity contribution in [2.75, 3.05) is 0 Å². The lowest BCUT2D eigenvalue weighted by atomic mass is 9.85. The quantitative estimate of drug-likeness (QED) is 0.636. The summed E-state index contributed by atoms with van der Waals surface area (Å²) in [6.45, 7) is 7.87. The van der Waals surface area contributed by atoms with Crippen molar-refractivity contribution in [3.63, 3.8) is 0 Å². The van der Waals surface area contributed by atoms with Crippen LogP contribution in [0.25, 0.3) is 10.9 Å². The third kappa shape index (κ3) is 3.34. The topological polar surface area (TPSA) is 67.3 Å². The number of nitrogens with zero attached hydrogens (tertiary/aromatic N) is 2. The largest absolute Gasteiger partial charge is 0.485 e. The van der Waals surface area contributed by atoms with Gasteiger partial charge in [0.2, 0.25) is 0 Å². The van der Waals surface area contributed by atoms with Crippen molar-refractivity contribution < 1.29 is 9.84 Å². The number of halogens is 1. The summed E-state index contributed by atoms with van der Waals surface area (Å²) in [7, 11) is 0. The van der Waals surface area contributed by atoms with Gasteiger partial charge >= 0.3 is 0 Å². The molecular formula is C22H24ClN3O2. The first-order chi connectivity index (χ1) is 13.3. The number of aryl methyl sites for hydroxylation is 1. The van der Waals surface area contributed by atoms with Crippen LogP contribution in [0.3, 0.4) is 0 Å². The number of nitrogens with one attached hydrogen (secondary N) is 1. The number of pyridine rings is 2. The summed E-state index contributed by atoms with van der Waals surface area (Å²) in [4.78, 5) is 8.67. The molecule has 0 fully saturated rings. The summed E-state index contributed by atoms with van der Waals surface area (Å²) < 4.78 is 6.18. The highest BCUT2D eigenvalue weighted by atomic mass is 35.5. The minimum atomic E-state index is -0.739. The highest BCUT2D eigenvalue weighted by Gasteiger charge is 2.43. The summed E-state index contributed by atoms with van der Waals surface area (Å²) in [5.41, 5.74) is 3.03. The maximum absolute atomic E-state index is 11.1. The molecule has 3 unspecified atom stereocenters. The van der Waals surface area contributed by atoms with E-state index in [0.717, 1.165) is 33.3 Å². The Balaban J connectivity index is 1.81. The molecule has 3 aromatic rings. The van der Waals surface area contributed by atoms with Gasteiger partial charge in [-0.15, -0.1) is 0 Å². The number of aliphatic hydroxyl groups excluding tert-OH is 1. The van der Waals surface area contributed by atoms with Gasteiger partial charge in [0.15, 0.2) is 0 Å². The Hall–Kier alpha value is -2.21. The molecule has 0 bridgehead atoms. The van der Waals surface area contributed by atoms with Gasteiger partial charge in [-0.1, -0.05) is 17.7 Å². The van der Waals surface area contributed by atoms with Crippen LogP contribution in [-0.4, -0.2) is 26.8 Å². The number of aliphatic hydroxyl groups is 1. The molecule has 3 heterocycles. The van der Waals surface area contributed by atoms with Crippen molar-refractivity contribution in [2.24, 2.45) is 0 Å². The van der Waals surface area contributed by atoms with Crippen molar-refractivity contribution >= 4 is 22.5 Å². The SMILES string of the molecule is Cc1cc(Cl)nc2cc3c(cc12)OC(C)(C)C(O)C3NC(C)c1cccnc1. The Bertz CT molecular complexity index is 1020. The zero-order valence-electron chi connectivity index (χ0n) is 16.4. The molecule has 6 heteroatoms. The van der Waals surface area contributed by atoms with Crippen LogP contribution in [0.1, 0.15) is 49.5 Å². The molecule has 0 spiro atoms. The highest BCUT2D eigenvalue weighted by Crippen LogP contribution is 2.43. The van der Waals surface area contributed by atoms with Gasteiger partial charge in [-0.2, -0.15) is 0 Å². The summed E-state index contributed by atoms with van der Waals surface area (Å²) in [6, 6.07) is 9.43. The Labute approximate surface area is 169 Å². The smallest absolute Gasteiger partial charge is 0.131 e. The predicted molar refractivity (Wildman–Crippen MR) is 111 cm³/mol. The Morgan fingerprint density at radius 1 is 1.29 bits per heavy atom. The fourth-order valence-corrected chi connectivity index (χ4v) is 4.08. The second-order valence-corrected chi connectivity index (χ2v) is 8.36. The number of benzene rings is 1. The van der Waals surface area contributed by atoms with E-state index in [-0.39, 0.29) is 12.1 Å². The summed E-state index contributed by atoms with van der Waals surface area (Å²) in [5.74, 6) is 0.755. The third-order valence-corrected chi connectivity index (χ3v) is 5.66. The molecule has 0 saturated carbocycles. The predicted octanol–water partition coefficient (Wildman–Crippen LogP) is 4.52. The average molecular weight is 398 g/mol. The molecule has 1 aliphatic heterocycles. The van der Waals surface area contributed by atoms with E-state index in [4.69, 9.17) is 16.3 Å². The number of rotatable bonds is 3. The van der Waals surface area contributed by atoms with Crippen LogP contribution >= 0.6 is 11.6 Å². The van der Waals surface area contributed by atoms with Crippen LogP contribution in [-0.2, 0) is 0 Å². The van der Waals surface area contributed by atoms with Gasteiger partial charge in [0.05, 0.1) is 11.6 Å². The minimum absolute atomic E-state index is 0.000136. The third-order valence-electron chi connectivity index (χ3n) is 5.47. The van der Waals surface area contributed by atoms with E-state index in [9.17, 15) is 5.11 Å². The first-order valence-corrected chi connectivity index (χ1v) is 9.78. The maximum atomic E-state index is 11.1. The molecule has 146 valence electrons. The minimum Gasteiger partial charge on any atom is -0.485 e. The number of ether oxygens (including phenoxy) is 1. The van der Waals surface area contributed by atoms with Crippen LogP contribution < -0.4 is 10.1 Å². The fourth-order valence-electron chi connectivity index (χ4n) is 3.82. The molecule has 4 rings (SSSR count). The molecule has 0 aliphatic carbocycles. The van der Waals surface area contributed by atoms with Crippen molar-refractivity contribution in [1.29, 1.82) is 0 Å². The van der Waals surface area contributed by atoms with Crippen LogP contribution in [0.15, 0.2) is 42.7 Å². The number of hydrogen-bond acceptors (Lipinski definition) is 5. The second kappa shape index (κ2) is 6.99. The average Bonchev–Trinajstić information content (AvgIpc) is 2.65. The monoisotopic (exact) mass is 397 g/mol. The number of aromatic nitrogens is 2. The molecule has 28 heavy (non-hydrogen) atoms. The first-order valence-electron chi connectivity index (χ1n) is 9.40. The summed E-state index contributed by atoms with van der Waals surface area (Å²) in [5, 5.41) is 16.1. The molecular weight excluding hydrogens is 374 g/mol. The van der Waals surface area contributed by atoms with E-state index in [2.05, 4.69) is 22.2 Å². The molecule has 1 aliphatic rings. The maximum Gasteiger partial charge on any atom is 0.131 e. The molecule has 2 aromatic heterocycles. The highest BCUT2D eigenvalue weighted by molar-refractivity contribution is 6.29. The second-order valence-electron chi connectivity index (χ2n) is 7.97. The zero-order chi connectivity index (χ0) is 20.1. The Kier molecular flexibility index (Phi) is 4.78. The Morgan fingerprint density at radius 2 is 2.07 bits per heavy atom. The van der Waals surface area contributed by atoms with Gasteiger partial charge in [-0.25, -0.2) is 4.98 Å². The van der Waals surface area contributed by atoms with Gasteiger partial charge in [0, 0.05) is 29.4 Å². The molecule has 5 nitrogen and oxygen atoms in total. The molecule has 0 amide bonds. The molecule has 3 atom stereocenters. The van der Waals surface area contributed by atoms with Crippen LogP contribution in [0.4, 0.5) is 0 Å². The van der Waals surface area contributed by atoms with Crippen molar-refractivity contribution in [3.05, 3.63) is 64.6 Å². The van der Waals surface area contributed by atoms with Gasteiger partial charge in [0.1, 0.15) is 22.6 Å². The van der Waals surface area contributed by atoms with Crippen LogP contribution in [0.5, 0.6) is 5.75 Å². The number of fused-ring (bicyclic) bond motifs is 2. The van der Waals surface area contributed by atoms with Crippen LogP contribution in [0, 0.1) is 6.92 Å². The Morgan fingerprint density at radius 3 is 2.79 bits per heavy atom. The molecule has 0 radical (unpaired) electrons. The van der Waals surface area contributed by atoms with Crippen LogP contribution in [0.2, 0.25) is 5.15 Å². The molecule has 0 saturated heterocycles. The van der Waals surface area contributed by atoms with Crippen molar-refractivity contribution in [2.45, 2.75) is 51.5 Å². The fraction of sp³-hybridized carbons (Fsp3) is 0.364. The number of hydrogen-bond donors (Lipinski definition) is 2. The van der Waals surface area contributed by atoms with E-state index >= 15 is 0 Å².